The maximum atomic E-state index is 11.2. The molecule has 0 unspecified atom stereocenters. The molecule has 0 aliphatic rings. The van der Waals surface area contributed by atoms with Crippen LogP contribution in [0.2, 0.25) is 5.02 Å². The molecule has 2 heterocycles. The van der Waals surface area contributed by atoms with Crippen molar-refractivity contribution in [2.75, 3.05) is 5.32 Å². The van der Waals surface area contributed by atoms with Crippen LogP contribution < -0.4 is 5.32 Å². The Morgan fingerprint density at radius 1 is 0.938 bits per heavy atom. The lowest BCUT2D eigenvalue weighted by Crippen LogP contribution is -2.21. The molecule has 32 heavy (non-hydrogen) atoms. The molecular weight excluding hydrogens is 451 g/mol. The number of hydrogen-bond acceptors (Lipinski definition) is 5. The van der Waals surface area contributed by atoms with Crippen LogP contribution in [0.25, 0.3) is 21.7 Å². The number of aromatic nitrogens is 2. The lowest BCUT2D eigenvalue weighted by atomic mass is 10.1. The third kappa shape index (κ3) is 5.22. The smallest absolute Gasteiger partial charge is 0.478 e. The molecule has 0 aliphatic carbocycles. The summed E-state index contributed by atoms with van der Waals surface area (Å²) < 4.78 is 31.7. The summed E-state index contributed by atoms with van der Waals surface area (Å²) in [4.78, 5) is 29.0. The molecule has 11 heteroatoms. The van der Waals surface area contributed by atoms with Crippen LogP contribution in [-0.2, 0) is 4.79 Å². The van der Waals surface area contributed by atoms with Crippen molar-refractivity contribution >= 4 is 56.7 Å². The third-order valence-electron chi connectivity index (χ3n) is 4.19. The van der Waals surface area contributed by atoms with Gasteiger partial charge >= 0.3 is 18.1 Å². The normalized spacial score (nSPS) is 11.0. The summed E-state index contributed by atoms with van der Waals surface area (Å²) in [5.41, 5.74) is 1.63. The zero-order chi connectivity index (χ0) is 23.5. The van der Waals surface area contributed by atoms with E-state index in [4.69, 9.17) is 21.5 Å². The standard InChI is InChI=1S/C19H12ClN3O2.C2HF3O2/c20-12-2-4-13(5-3-12)22-18-15-7-8-21-10-16(15)14-6-1-11(19(24)25)9-17(14)23-18;3-2(4,5)1(6)7/h1-10H,(H,22,23)(H,24,25);(H,6,7). The zero-order valence-corrected chi connectivity index (χ0v) is 16.6. The molecule has 4 aromatic rings. The van der Waals surface area contributed by atoms with Gasteiger partial charge in [0.1, 0.15) is 5.82 Å². The Labute approximate surface area is 183 Å². The van der Waals surface area contributed by atoms with Crippen molar-refractivity contribution in [3.63, 3.8) is 0 Å². The molecule has 0 aliphatic heterocycles. The molecule has 0 radical (unpaired) electrons. The van der Waals surface area contributed by atoms with Crippen LogP contribution in [-0.4, -0.2) is 38.3 Å². The third-order valence-corrected chi connectivity index (χ3v) is 4.44. The summed E-state index contributed by atoms with van der Waals surface area (Å²) >= 11 is 5.93. The number of hydrogen-bond donors (Lipinski definition) is 3. The Morgan fingerprint density at radius 3 is 2.19 bits per heavy atom. The summed E-state index contributed by atoms with van der Waals surface area (Å²) in [5, 5.41) is 22.9. The fourth-order valence-corrected chi connectivity index (χ4v) is 2.87. The fourth-order valence-electron chi connectivity index (χ4n) is 2.75. The molecule has 0 atom stereocenters. The Balaban J connectivity index is 0.000000360. The van der Waals surface area contributed by atoms with Gasteiger partial charge in [0, 0.05) is 39.3 Å². The SMILES string of the molecule is O=C(O)C(F)(F)F.O=C(O)c1ccc2c(c1)nc(Nc1ccc(Cl)cc1)c1ccncc12. The summed E-state index contributed by atoms with van der Waals surface area (Å²) in [6, 6.07) is 14.1. The molecule has 0 saturated carbocycles. The molecule has 164 valence electrons. The number of benzene rings is 2. The highest BCUT2D eigenvalue weighted by Crippen LogP contribution is 2.31. The molecule has 7 nitrogen and oxygen atoms in total. The number of aliphatic carboxylic acids is 1. The van der Waals surface area contributed by atoms with Gasteiger partial charge in [-0.05, 0) is 42.5 Å². The maximum absolute atomic E-state index is 11.2. The van der Waals surface area contributed by atoms with Crippen LogP contribution in [0.5, 0.6) is 0 Å². The largest absolute Gasteiger partial charge is 0.490 e. The average Bonchev–Trinajstić information content (AvgIpc) is 2.75. The van der Waals surface area contributed by atoms with E-state index in [1.165, 1.54) is 0 Å². The highest BCUT2D eigenvalue weighted by atomic mass is 35.5. The van der Waals surface area contributed by atoms with Gasteiger partial charge in [0.25, 0.3) is 0 Å². The second-order valence-electron chi connectivity index (χ2n) is 6.35. The Morgan fingerprint density at radius 2 is 1.59 bits per heavy atom. The second kappa shape index (κ2) is 9.06. The first kappa shape index (κ1) is 22.8. The van der Waals surface area contributed by atoms with Gasteiger partial charge in [-0.2, -0.15) is 13.2 Å². The first-order chi connectivity index (χ1) is 15.1. The predicted molar refractivity (Wildman–Crippen MR) is 112 cm³/mol. The van der Waals surface area contributed by atoms with Crippen molar-refractivity contribution < 1.29 is 33.0 Å². The number of carboxylic acid groups (broad SMARTS) is 2. The van der Waals surface area contributed by atoms with E-state index in [2.05, 4.69) is 15.3 Å². The minimum Gasteiger partial charge on any atom is -0.478 e. The molecule has 0 amide bonds. The maximum Gasteiger partial charge on any atom is 0.490 e. The second-order valence-corrected chi connectivity index (χ2v) is 6.79. The van der Waals surface area contributed by atoms with Crippen molar-refractivity contribution in [1.29, 1.82) is 0 Å². The molecule has 2 aromatic carbocycles. The van der Waals surface area contributed by atoms with E-state index in [0.29, 0.717) is 16.4 Å². The van der Waals surface area contributed by atoms with E-state index in [1.54, 1.807) is 42.7 Å². The number of aromatic carboxylic acids is 1. The number of pyridine rings is 2. The summed E-state index contributed by atoms with van der Waals surface area (Å²) in [6.45, 7) is 0. The molecular formula is C21H13ClF3N3O4. The van der Waals surface area contributed by atoms with Gasteiger partial charge in [-0.1, -0.05) is 17.7 Å². The minimum absolute atomic E-state index is 0.195. The number of carboxylic acids is 2. The minimum atomic E-state index is -5.08. The average molecular weight is 464 g/mol. The molecule has 0 bridgehead atoms. The molecule has 0 fully saturated rings. The van der Waals surface area contributed by atoms with Crippen molar-refractivity contribution in [1.82, 2.24) is 9.97 Å². The van der Waals surface area contributed by atoms with E-state index in [-0.39, 0.29) is 5.56 Å². The number of anilines is 2. The number of rotatable bonds is 3. The van der Waals surface area contributed by atoms with Crippen LogP contribution in [0, 0.1) is 0 Å². The first-order valence-corrected chi connectivity index (χ1v) is 9.17. The number of alkyl halides is 3. The van der Waals surface area contributed by atoms with E-state index in [1.807, 2.05) is 18.2 Å². The first-order valence-electron chi connectivity index (χ1n) is 8.80. The Hall–Kier alpha value is -3.92. The van der Waals surface area contributed by atoms with Gasteiger partial charge < -0.3 is 15.5 Å². The van der Waals surface area contributed by atoms with Gasteiger partial charge in [0.2, 0.25) is 0 Å². The van der Waals surface area contributed by atoms with Crippen molar-refractivity contribution in [3.05, 3.63) is 71.5 Å². The highest BCUT2D eigenvalue weighted by Gasteiger charge is 2.38. The van der Waals surface area contributed by atoms with Crippen LogP contribution in [0.1, 0.15) is 10.4 Å². The molecule has 0 saturated heterocycles. The van der Waals surface area contributed by atoms with Gasteiger partial charge in [-0.3, -0.25) is 4.98 Å². The quantitative estimate of drug-likeness (QED) is 0.343. The number of fused-ring (bicyclic) bond motifs is 3. The van der Waals surface area contributed by atoms with Crippen molar-refractivity contribution in [2.24, 2.45) is 0 Å². The number of halogens is 4. The zero-order valence-electron chi connectivity index (χ0n) is 15.9. The van der Waals surface area contributed by atoms with E-state index < -0.39 is 18.1 Å². The van der Waals surface area contributed by atoms with Gasteiger partial charge in [0.15, 0.2) is 0 Å². The molecule has 3 N–H and O–H groups in total. The van der Waals surface area contributed by atoms with Gasteiger partial charge in [0.05, 0.1) is 11.1 Å². The fraction of sp³-hybridized carbons (Fsp3) is 0.0476. The monoisotopic (exact) mass is 463 g/mol. The van der Waals surface area contributed by atoms with Crippen molar-refractivity contribution in [2.45, 2.75) is 6.18 Å². The van der Waals surface area contributed by atoms with Crippen LogP contribution >= 0.6 is 11.6 Å². The van der Waals surface area contributed by atoms with Crippen LogP contribution in [0.4, 0.5) is 24.7 Å². The molecule has 2 aromatic heterocycles. The predicted octanol–water partition coefficient (Wildman–Crippen LogP) is 5.51. The van der Waals surface area contributed by atoms with Crippen LogP contribution in [0.15, 0.2) is 60.9 Å². The molecule has 4 rings (SSSR count). The van der Waals surface area contributed by atoms with Gasteiger partial charge in [-0.15, -0.1) is 0 Å². The number of carbonyl (C=O) groups is 2. The Bertz CT molecular complexity index is 1310. The van der Waals surface area contributed by atoms with E-state index in [0.717, 1.165) is 21.8 Å². The van der Waals surface area contributed by atoms with E-state index in [9.17, 15) is 23.1 Å². The number of nitrogens with one attached hydrogen (secondary N) is 1. The van der Waals surface area contributed by atoms with Crippen LogP contribution in [0.3, 0.4) is 0 Å². The lowest BCUT2D eigenvalue weighted by Gasteiger charge is -2.12. The summed E-state index contributed by atoms with van der Waals surface area (Å²) in [6.07, 6.45) is -1.62. The molecule has 0 spiro atoms. The van der Waals surface area contributed by atoms with Crippen molar-refractivity contribution in [3.8, 4) is 0 Å². The summed E-state index contributed by atoms with van der Waals surface area (Å²) in [7, 11) is 0. The topological polar surface area (TPSA) is 112 Å². The number of nitrogens with zero attached hydrogens (tertiary/aromatic N) is 2. The highest BCUT2D eigenvalue weighted by molar-refractivity contribution is 6.30. The Kier molecular flexibility index (Phi) is 6.45. The van der Waals surface area contributed by atoms with E-state index >= 15 is 0 Å². The van der Waals surface area contributed by atoms with Gasteiger partial charge in [-0.25, -0.2) is 14.6 Å². The summed E-state index contributed by atoms with van der Waals surface area (Å²) in [5.74, 6) is -3.11. The lowest BCUT2D eigenvalue weighted by molar-refractivity contribution is -0.192.